The number of aromatic nitrogens is 2. The van der Waals surface area contributed by atoms with Crippen LogP contribution in [0.15, 0.2) is 67.0 Å². The van der Waals surface area contributed by atoms with Gasteiger partial charge in [-0.15, -0.1) is 0 Å². The second-order valence-corrected chi connectivity index (χ2v) is 7.45. The Bertz CT molecular complexity index is 1200. The Morgan fingerprint density at radius 2 is 1.97 bits per heavy atom. The molecule has 0 saturated heterocycles. The Balaban J connectivity index is 1.70. The molecule has 0 N–H and O–H groups in total. The summed E-state index contributed by atoms with van der Waals surface area (Å²) < 4.78 is 7.21. The number of nitrogens with zero attached hydrogens (tertiary/aromatic N) is 2. The van der Waals surface area contributed by atoms with E-state index < -0.39 is 0 Å². The summed E-state index contributed by atoms with van der Waals surface area (Å²) in [4.78, 5) is 16.6. The lowest BCUT2D eigenvalue weighted by Crippen LogP contribution is -2.04. The van der Waals surface area contributed by atoms with E-state index in [0.717, 1.165) is 27.7 Å². The normalized spacial score (nSPS) is 11.0. The van der Waals surface area contributed by atoms with Crippen LogP contribution in [0.25, 0.3) is 22.2 Å². The van der Waals surface area contributed by atoms with Gasteiger partial charge in [0.2, 0.25) is 0 Å². The van der Waals surface area contributed by atoms with Crippen LogP contribution < -0.4 is 0 Å². The molecule has 2 aromatic heterocycles. The molecule has 0 spiro atoms. The van der Waals surface area contributed by atoms with Crippen molar-refractivity contribution in [2.24, 2.45) is 0 Å². The lowest BCUT2D eigenvalue weighted by Gasteiger charge is -2.09. The molecule has 0 radical (unpaired) electrons. The van der Waals surface area contributed by atoms with Crippen molar-refractivity contribution in [3.05, 3.63) is 88.2 Å². The monoisotopic (exact) mass is 424 g/mol. The van der Waals surface area contributed by atoms with Gasteiger partial charge in [-0.25, -0.2) is 4.79 Å². The molecule has 0 unspecified atom stereocenters. The van der Waals surface area contributed by atoms with Gasteiger partial charge in [-0.2, -0.15) is 0 Å². The van der Waals surface area contributed by atoms with Crippen molar-refractivity contribution < 1.29 is 9.53 Å². The number of ether oxygens (including phenoxy) is 1. The summed E-state index contributed by atoms with van der Waals surface area (Å²) in [6.45, 7) is 2.75. The molecule has 6 heteroatoms. The Morgan fingerprint density at radius 3 is 2.76 bits per heavy atom. The number of pyridine rings is 1. The van der Waals surface area contributed by atoms with Gasteiger partial charge in [-0.1, -0.05) is 41.4 Å². The minimum atomic E-state index is -0.337. The number of rotatable bonds is 5. The lowest BCUT2D eigenvalue weighted by atomic mass is 10.1. The predicted octanol–water partition coefficient (Wildman–Crippen LogP) is 6.24. The summed E-state index contributed by atoms with van der Waals surface area (Å²) in [6, 6.07) is 16.9. The average molecular weight is 425 g/mol. The highest BCUT2D eigenvalue weighted by Gasteiger charge is 2.11. The maximum atomic E-state index is 12.0. The van der Waals surface area contributed by atoms with Gasteiger partial charge in [0.25, 0.3) is 0 Å². The van der Waals surface area contributed by atoms with Crippen LogP contribution in [-0.2, 0) is 11.3 Å². The highest BCUT2D eigenvalue weighted by molar-refractivity contribution is 6.35. The van der Waals surface area contributed by atoms with Gasteiger partial charge in [0, 0.05) is 39.9 Å². The van der Waals surface area contributed by atoms with Crippen molar-refractivity contribution >= 4 is 40.1 Å². The van der Waals surface area contributed by atoms with E-state index in [9.17, 15) is 4.79 Å². The van der Waals surface area contributed by atoms with Crippen LogP contribution in [0.2, 0.25) is 10.0 Å². The SMILES string of the molecule is CCOC(=O)c1cccc(-c2cc3c(ccn3Cc3ccc(Cl)cc3Cl)cn2)c1. The van der Waals surface area contributed by atoms with Crippen LogP contribution >= 0.6 is 23.2 Å². The molecule has 0 fully saturated rings. The smallest absolute Gasteiger partial charge is 0.338 e. The molecule has 0 aliphatic carbocycles. The minimum absolute atomic E-state index is 0.337. The van der Waals surface area contributed by atoms with Gasteiger partial charge in [0.15, 0.2) is 0 Å². The largest absolute Gasteiger partial charge is 0.462 e. The van der Waals surface area contributed by atoms with Crippen LogP contribution in [0, 0.1) is 0 Å². The highest BCUT2D eigenvalue weighted by Crippen LogP contribution is 2.27. The number of hydrogen-bond acceptors (Lipinski definition) is 3. The van der Waals surface area contributed by atoms with Crippen molar-refractivity contribution in [1.29, 1.82) is 0 Å². The molecule has 0 aliphatic rings. The molecule has 0 amide bonds. The number of carbonyl (C=O) groups is 1. The molecule has 0 atom stereocenters. The number of benzene rings is 2. The van der Waals surface area contributed by atoms with E-state index in [-0.39, 0.29) is 5.97 Å². The number of esters is 1. The number of hydrogen-bond donors (Lipinski definition) is 0. The maximum Gasteiger partial charge on any atom is 0.338 e. The minimum Gasteiger partial charge on any atom is -0.462 e. The molecule has 4 aromatic rings. The first kappa shape index (κ1) is 19.5. The second-order valence-electron chi connectivity index (χ2n) is 6.61. The quantitative estimate of drug-likeness (QED) is 0.356. The van der Waals surface area contributed by atoms with Crippen molar-refractivity contribution in [3.8, 4) is 11.3 Å². The van der Waals surface area contributed by atoms with Crippen LogP contribution in [0.1, 0.15) is 22.8 Å². The van der Waals surface area contributed by atoms with Crippen LogP contribution in [0.3, 0.4) is 0 Å². The third-order valence-electron chi connectivity index (χ3n) is 4.68. The molecule has 2 aromatic carbocycles. The summed E-state index contributed by atoms with van der Waals surface area (Å²) >= 11 is 12.3. The lowest BCUT2D eigenvalue weighted by molar-refractivity contribution is 0.0526. The van der Waals surface area contributed by atoms with Gasteiger partial charge < -0.3 is 9.30 Å². The Kier molecular flexibility index (Phi) is 5.56. The van der Waals surface area contributed by atoms with Crippen molar-refractivity contribution in [1.82, 2.24) is 9.55 Å². The standard InChI is InChI=1S/C23H18Cl2N2O2/c1-2-29-23(28)16-5-3-4-15(10-16)21-12-22-17(13-26-21)8-9-27(22)14-18-6-7-19(24)11-20(18)25/h3-13H,2,14H2,1H3. The van der Waals surface area contributed by atoms with Crippen molar-refractivity contribution in [2.75, 3.05) is 6.61 Å². The Labute approximate surface area is 178 Å². The molecule has 29 heavy (non-hydrogen) atoms. The Hall–Kier alpha value is -2.82. The molecule has 4 nitrogen and oxygen atoms in total. The molecule has 0 aliphatic heterocycles. The van der Waals surface area contributed by atoms with E-state index in [1.165, 1.54) is 0 Å². The summed E-state index contributed by atoms with van der Waals surface area (Å²) in [6.07, 6.45) is 3.85. The molecule has 4 rings (SSSR count). The van der Waals surface area contributed by atoms with E-state index in [1.807, 2.05) is 48.8 Å². The molecular weight excluding hydrogens is 407 g/mol. The van der Waals surface area contributed by atoms with E-state index in [1.54, 1.807) is 25.1 Å². The number of halogens is 2. The maximum absolute atomic E-state index is 12.0. The summed E-state index contributed by atoms with van der Waals surface area (Å²) in [5.41, 5.74) is 4.16. The Morgan fingerprint density at radius 1 is 1.10 bits per heavy atom. The van der Waals surface area contributed by atoms with Crippen LogP contribution in [0.5, 0.6) is 0 Å². The van der Waals surface area contributed by atoms with Gasteiger partial charge >= 0.3 is 5.97 Å². The molecular formula is C23H18Cl2N2O2. The van der Waals surface area contributed by atoms with E-state index in [2.05, 4.69) is 9.55 Å². The zero-order chi connectivity index (χ0) is 20.4. The first-order valence-electron chi connectivity index (χ1n) is 9.21. The fraction of sp³-hybridized carbons (Fsp3) is 0.130. The van der Waals surface area contributed by atoms with Gasteiger partial charge in [0.1, 0.15) is 0 Å². The summed E-state index contributed by atoms with van der Waals surface area (Å²) in [5.74, 6) is -0.337. The zero-order valence-corrected chi connectivity index (χ0v) is 17.2. The molecule has 0 bridgehead atoms. The average Bonchev–Trinajstić information content (AvgIpc) is 3.12. The molecule has 0 saturated carbocycles. The van der Waals surface area contributed by atoms with Gasteiger partial charge in [0.05, 0.1) is 23.4 Å². The highest BCUT2D eigenvalue weighted by atomic mass is 35.5. The predicted molar refractivity (Wildman–Crippen MR) is 117 cm³/mol. The van der Waals surface area contributed by atoms with Crippen molar-refractivity contribution in [2.45, 2.75) is 13.5 Å². The third kappa shape index (κ3) is 4.14. The van der Waals surface area contributed by atoms with Crippen molar-refractivity contribution in [3.63, 3.8) is 0 Å². The first-order valence-corrected chi connectivity index (χ1v) is 9.97. The second kappa shape index (κ2) is 8.27. The van der Waals surface area contributed by atoms with E-state index >= 15 is 0 Å². The van der Waals surface area contributed by atoms with Gasteiger partial charge in [-0.05, 0) is 48.9 Å². The van der Waals surface area contributed by atoms with Crippen LogP contribution in [0.4, 0.5) is 0 Å². The summed E-state index contributed by atoms with van der Waals surface area (Å²) in [7, 11) is 0. The summed E-state index contributed by atoms with van der Waals surface area (Å²) in [5, 5.41) is 2.28. The van der Waals surface area contributed by atoms with E-state index in [0.29, 0.717) is 28.8 Å². The van der Waals surface area contributed by atoms with Gasteiger partial charge in [-0.3, -0.25) is 4.98 Å². The molecule has 146 valence electrons. The number of fused-ring (bicyclic) bond motifs is 1. The van der Waals surface area contributed by atoms with Crippen LogP contribution in [-0.4, -0.2) is 22.1 Å². The third-order valence-corrected chi connectivity index (χ3v) is 5.27. The van der Waals surface area contributed by atoms with E-state index in [4.69, 9.17) is 27.9 Å². The molecule has 2 heterocycles. The topological polar surface area (TPSA) is 44.1 Å². The first-order chi connectivity index (χ1) is 14.0. The fourth-order valence-corrected chi connectivity index (χ4v) is 3.70. The number of carbonyl (C=O) groups excluding carboxylic acids is 1. The zero-order valence-electron chi connectivity index (χ0n) is 15.7. The fourth-order valence-electron chi connectivity index (χ4n) is 3.23.